The van der Waals surface area contributed by atoms with Crippen molar-refractivity contribution in [2.24, 2.45) is 0 Å². The normalized spacial score (nSPS) is 15.9. The zero-order valence-electron chi connectivity index (χ0n) is 11.5. The summed E-state index contributed by atoms with van der Waals surface area (Å²) in [5, 5.41) is 15.5. The van der Waals surface area contributed by atoms with Crippen LogP contribution in [-0.2, 0) is 4.79 Å². The van der Waals surface area contributed by atoms with Crippen LogP contribution in [0.25, 0.3) is 5.69 Å². The molecular formula is C14H13FN4O3. The molecule has 0 atom stereocenters. The highest BCUT2D eigenvalue weighted by atomic mass is 19.1. The number of hydrogen-bond donors (Lipinski definition) is 2. The zero-order valence-corrected chi connectivity index (χ0v) is 11.5. The Morgan fingerprint density at radius 1 is 1.36 bits per heavy atom. The van der Waals surface area contributed by atoms with E-state index >= 15 is 0 Å². The number of carbonyl (C=O) groups is 2. The fourth-order valence-corrected chi connectivity index (χ4v) is 2.38. The maximum atomic E-state index is 14.1. The molecule has 7 nitrogen and oxygen atoms in total. The second-order valence-corrected chi connectivity index (χ2v) is 5.20. The molecule has 1 saturated carbocycles. The third-order valence-corrected chi connectivity index (χ3v) is 3.84. The molecule has 2 N–H and O–H groups in total. The standard InChI is InChI=1S/C14H13FN4O3/c15-10-6-9(2-3-11(10)19-8-16-7-17-19)12(20)18-14(13(21)22)4-1-5-14/h2-3,6-8H,1,4-5H2,(H,18,20)(H,21,22). The van der Waals surface area contributed by atoms with Crippen molar-refractivity contribution in [3.8, 4) is 5.69 Å². The molecule has 1 aliphatic rings. The van der Waals surface area contributed by atoms with E-state index in [0.717, 1.165) is 12.5 Å². The first-order chi connectivity index (χ1) is 10.5. The molecule has 8 heteroatoms. The van der Waals surface area contributed by atoms with Crippen LogP contribution in [0.5, 0.6) is 0 Å². The molecule has 1 fully saturated rings. The quantitative estimate of drug-likeness (QED) is 0.883. The number of aromatic nitrogens is 3. The van der Waals surface area contributed by atoms with E-state index in [4.69, 9.17) is 0 Å². The molecule has 1 heterocycles. The van der Waals surface area contributed by atoms with Gasteiger partial charge in [0.25, 0.3) is 5.91 Å². The third kappa shape index (κ3) is 2.32. The lowest BCUT2D eigenvalue weighted by Gasteiger charge is -2.38. The van der Waals surface area contributed by atoms with E-state index in [1.165, 1.54) is 29.5 Å². The first-order valence-electron chi connectivity index (χ1n) is 6.72. The van der Waals surface area contributed by atoms with Crippen molar-refractivity contribution in [2.75, 3.05) is 0 Å². The van der Waals surface area contributed by atoms with Crippen molar-refractivity contribution in [3.63, 3.8) is 0 Å². The summed E-state index contributed by atoms with van der Waals surface area (Å²) in [5.41, 5.74) is -1.00. The number of nitrogens with one attached hydrogen (secondary N) is 1. The Labute approximate surface area is 124 Å². The van der Waals surface area contributed by atoms with E-state index in [9.17, 15) is 19.1 Å². The lowest BCUT2D eigenvalue weighted by Crippen LogP contribution is -2.59. The molecule has 0 radical (unpaired) electrons. The highest BCUT2D eigenvalue weighted by Gasteiger charge is 2.45. The van der Waals surface area contributed by atoms with Crippen LogP contribution in [-0.4, -0.2) is 37.3 Å². The van der Waals surface area contributed by atoms with Gasteiger partial charge in [0.05, 0.1) is 0 Å². The van der Waals surface area contributed by atoms with E-state index in [1.54, 1.807) is 0 Å². The molecule has 1 aliphatic carbocycles. The second kappa shape index (κ2) is 5.21. The van der Waals surface area contributed by atoms with Crippen LogP contribution in [0.1, 0.15) is 29.6 Å². The van der Waals surface area contributed by atoms with E-state index in [1.807, 2.05) is 0 Å². The molecule has 0 spiro atoms. The molecule has 2 aromatic rings. The van der Waals surface area contributed by atoms with E-state index in [2.05, 4.69) is 15.4 Å². The Kier molecular flexibility index (Phi) is 3.36. The number of aliphatic carboxylic acids is 1. The van der Waals surface area contributed by atoms with Crippen LogP contribution >= 0.6 is 0 Å². The van der Waals surface area contributed by atoms with Crippen LogP contribution in [0.4, 0.5) is 4.39 Å². The topological polar surface area (TPSA) is 97.1 Å². The summed E-state index contributed by atoms with van der Waals surface area (Å²) in [4.78, 5) is 27.1. The summed E-state index contributed by atoms with van der Waals surface area (Å²) in [5.74, 6) is -2.31. The van der Waals surface area contributed by atoms with Crippen molar-refractivity contribution in [1.82, 2.24) is 20.1 Å². The van der Waals surface area contributed by atoms with Gasteiger partial charge in [-0.05, 0) is 37.5 Å². The van der Waals surface area contributed by atoms with Gasteiger partial charge < -0.3 is 10.4 Å². The van der Waals surface area contributed by atoms with Gasteiger partial charge in [0.15, 0.2) is 0 Å². The number of nitrogens with zero attached hydrogens (tertiary/aromatic N) is 3. The van der Waals surface area contributed by atoms with Crippen LogP contribution in [0.2, 0.25) is 0 Å². The fourth-order valence-electron chi connectivity index (χ4n) is 2.38. The van der Waals surface area contributed by atoms with Gasteiger partial charge in [-0.2, -0.15) is 5.10 Å². The van der Waals surface area contributed by atoms with Gasteiger partial charge in [-0.15, -0.1) is 0 Å². The van der Waals surface area contributed by atoms with Crippen molar-refractivity contribution >= 4 is 11.9 Å². The Hall–Kier alpha value is -2.77. The highest BCUT2D eigenvalue weighted by Crippen LogP contribution is 2.32. The minimum absolute atomic E-state index is 0.0638. The number of carboxylic acid groups (broad SMARTS) is 1. The molecule has 1 aromatic carbocycles. The lowest BCUT2D eigenvalue weighted by molar-refractivity contribution is -0.148. The molecule has 1 amide bonds. The molecule has 3 rings (SSSR count). The fraction of sp³-hybridized carbons (Fsp3) is 0.286. The van der Waals surface area contributed by atoms with E-state index in [0.29, 0.717) is 12.8 Å². The molecule has 1 aromatic heterocycles. The smallest absolute Gasteiger partial charge is 0.329 e. The number of benzene rings is 1. The van der Waals surface area contributed by atoms with Gasteiger partial charge in [-0.3, -0.25) is 4.79 Å². The minimum atomic E-state index is -1.22. The van der Waals surface area contributed by atoms with Gasteiger partial charge in [0, 0.05) is 5.56 Å². The predicted octanol–water partition coefficient (Wildman–Crippen LogP) is 1.14. The number of carboxylic acids is 1. The average molecular weight is 304 g/mol. The second-order valence-electron chi connectivity index (χ2n) is 5.20. The van der Waals surface area contributed by atoms with E-state index in [-0.39, 0.29) is 11.3 Å². The van der Waals surface area contributed by atoms with Crippen molar-refractivity contribution in [3.05, 3.63) is 42.2 Å². The lowest BCUT2D eigenvalue weighted by atomic mass is 9.76. The van der Waals surface area contributed by atoms with Crippen molar-refractivity contribution in [2.45, 2.75) is 24.8 Å². The summed E-state index contributed by atoms with van der Waals surface area (Å²) >= 11 is 0. The highest BCUT2D eigenvalue weighted by molar-refractivity contribution is 5.98. The molecule has 0 aliphatic heterocycles. The van der Waals surface area contributed by atoms with Crippen molar-refractivity contribution in [1.29, 1.82) is 0 Å². The number of carbonyl (C=O) groups excluding carboxylic acids is 1. The van der Waals surface area contributed by atoms with Crippen LogP contribution in [0.3, 0.4) is 0 Å². The number of hydrogen-bond acceptors (Lipinski definition) is 4. The van der Waals surface area contributed by atoms with Gasteiger partial charge in [-0.25, -0.2) is 18.9 Å². The predicted molar refractivity (Wildman–Crippen MR) is 73.0 cm³/mol. The molecule has 0 bridgehead atoms. The number of amides is 1. The van der Waals surface area contributed by atoms with Crippen molar-refractivity contribution < 1.29 is 19.1 Å². The summed E-state index contributed by atoms with van der Waals surface area (Å²) in [6.45, 7) is 0. The maximum Gasteiger partial charge on any atom is 0.329 e. The van der Waals surface area contributed by atoms with E-state index < -0.39 is 23.2 Å². The Morgan fingerprint density at radius 3 is 2.64 bits per heavy atom. The average Bonchev–Trinajstić information content (AvgIpc) is 2.95. The SMILES string of the molecule is O=C(NC1(C(=O)O)CCC1)c1ccc(-n2cncn2)c(F)c1. The van der Waals surface area contributed by atoms with Gasteiger partial charge in [-0.1, -0.05) is 0 Å². The third-order valence-electron chi connectivity index (χ3n) is 3.84. The molecular weight excluding hydrogens is 291 g/mol. The van der Waals surface area contributed by atoms with Crippen LogP contribution in [0.15, 0.2) is 30.9 Å². The molecule has 0 saturated heterocycles. The Bertz CT molecular complexity index is 726. The first-order valence-corrected chi connectivity index (χ1v) is 6.72. The Morgan fingerprint density at radius 2 is 2.14 bits per heavy atom. The van der Waals surface area contributed by atoms with Gasteiger partial charge in [0.1, 0.15) is 29.7 Å². The monoisotopic (exact) mass is 304 g/mol. The minimum Gasteiger partial charge on any atom is -0.480 e. The number of rotatable bonds is 4. The summed E-state index contributed by atoms with van der Waals surface area (Å²) in [7, 11) is 0. The van der Waals surface area contributed by atoms with Gasteiger partial charge >= 0.3 is 5.97 Å². The van der Waals surface area contributed by atoms with Crippen LogP contribution in [0, 0.1) is 5.82 Å². The summed E-state index contributed by atoms with van der Waals surface area (Å²) < 4.78 is 15.3. The Balaban J connectivity index is 1.82. The summed E-state index contributed by atoms with van der Waals surface area (Å²) in [6.07, 6.45) is 4.12. The molecule has 114 valence electrons. The van der Waals surface area contributed by atoms with Crippen LogP contribution < -0.4 is 5.32 Å². The number of halogens is 1. The molecule has 22 heavy (non-hydrogen) atoms. The maximum absolute atomic E-state index is 14.1. The van der Waals surface area contributed by atoms with Gasteiger partial charge in [0.2, 0.25) is 0 Å². The summed E-state index contributed by atoms with van der Waals surface area (Å²) in [6, 6.07) is 3.87. The largest absolute Gasteiger partial charge is 0.480 e. The first kappa shape index (κ1) is 14.2. The molecule has 0 unspecified atom stereocenters. The zero-order chi connectivity index (χ0) is 15.7.